The average molecular weight is 486 g/mol. The summed E-state index contributed by atoms with van der Waals surface area (Å²) in [6, 6.07) is 12.1. The van der Waals surface area contributed by atoms with E-state index in [0.717, 1.165) is 21.8 Å². The Morgan fingerprint density at radius 1 is 0.783 bits per heavy atom. The van der Waals surface area contributed by atoms with Crippen molar-refractivity contribution in [1.29, 1.82) is 0 Å². The molecule has 1 aromatic carbocycles. The summed E-state index contributed by atoms with van der Waals surface area (Å²) in [5, 5.41) is 2.28. The molecule has 0 aliphatic carbocycles. The molecule has 0 aliphatic rings. The van der Waals surface area contributed by atoms with Gasteiger partial charge in [-0.2, -0.15) is 0 Å². The Morgan fingerprint density at radius 3 is 1.39 bits per heavy atom. The largest absolute Gasteiger partial charge is 3.00 e. The fourth-order valence-corrected chi connectivity index (χ4v) is 1.68. The van der Waals surface area contributed by atoms with Crippen molar-refractivity contribution in [2.45, 2.75) is 0 Å². The van der Waals surface area contributed by atoms with Crippen molar-refractivity contribution in [1.82, 2.24) is 9.97 Å². The molecule has 4 nitrogen and oxygen atoms in total. The smallest absolute Gasteiger partial charge is 1.00 e. The number of nitrogens with zero attached hydrogens (tertiary/aromatic N) is 2. The van der Waals surface area contributed by atoms with Crippen LogP contribution in [-0.2, 0) is 30.3 Å². The number of benzene rings is 1. The molecule has 2 N–H and O–H groups in total. The standard InChI is InChI=1S/C12H8N2.C2H6OS.3ClH.H2O.Rh/c1-3-9-5-6-10-4-2-8-14-12(10)11(9)13-7-1;1-4(2)3;;;;;/h1-8H;1-2H3;3*1H;1H2;/q;;;;;;+3/p-3. The summed E-state index contributed by atoms with van der Waals surface area (Å²) in [7, 11) is -0.611. The van der Waals surface area contributed by atoms with E-state index in [0.29, 0.717) is 0 Å². The van der Waals surface area contributed by atoms with Gasteiger partial charge in [-0.25, -0.2) is 0 Å². The predicted molar refractivity (Wildman–Crippen MR) is 80.6 cm³/mol. The van der Waals surface area contributed by atoms with E-state index in [-0.39, 0.29) is 62.2 Å². The van der Waals surface area contributed by atoms with E-state index < -0.39 is 10.8 Å². The van der Waals surface area contributed by atoms with Crippen LogP contribution in [0.3, 0.4) is 0 Å². The third-order valence-corrected chi connectivity index (χ3v) is 2.34. The molecule has 9 heteroatoms. The second-order valence-corrected chi connectivity index (χ2v) is 5.44. The van der Waals surface area contributed by atoms with E-state index in [9.17, 15) is 4.21 Å². The summed E-state index contributed by atoms with van der Waals surface area (Å²) >= 11 is 0. The number of pyridine rings is 2. The van der Waals surface area contributed by atoms with E-state index in [2.05, 4.69) is 34.2 Å². The van der Waals surface area contributed by atoms with Gasteiger partial charge < -0.3 is 42.7 Å². The molecule has 0 saturated carbocycles. The van der Waals surface area contributed by atoms with Gasteiger partial charge in [0.1, 0.15) is 0 Å². The van der Waals surface area contributed by atoms with Crippen molar-refractivity contribution in [3.63, 3.8) is 0 Å². The van der Waals surface area contributed by atoms with Gasteiger partial charge in [0.25, 0.3) is 0 Å². The fraction of sp³-hybridized carbons (Fsp3) is 0.143. The van der Waals surface area contributed by atoms with Crippen molar-refractivity contribution in [2.24, 2.45) is 0 Å². The van der Waals surface area contributed by atoms with Crippen LogP contribution in [0.4, 0.5) is 0 Å². The van der Waals surface area contributed by atoms with Crippen molar-refractivity contribution >= 4 is 32.6 Å². The van der Waals surface area contributed by atoms with Crippen molar-refractivity contribution in [2.75, 3.05) is 12.5 Å². The van der Waals surface area contributed by atoms with Gasteiger partial charge in [-0.3, -0.25) is 14.2 Å². The number of aromatic nitrogens is 2. The van der Waals surface area contributed by atoms with Crippen LogP contribution in [0.5, 0.6) is 0 Å². The summed E-state index contributed by atoms with van der Waals surface area (Å²) < 4.78 is 9.56. The Morgan fingerprint density at radius 2 is 1.09 bits per heavy atom. The molecule has 2 aromatic heterocycles. The zero-order chi connectivity index (χ0) is 13.0. The molecular weight excluding hydrogens is 469 g/mol. The molecule has 0 unspecified atom stereocenters. The molecule has 0 bridgehead atoms. The number of fused-ring (bicyclic) bond motifs is 3. The summed E-state index contributed by atoms with van der Waals surface area (Å²) in [6.07, 6.45) is 6.88. The quantitative estimate of drug-likeness (QED) is 0.235. The normalized spacial score (nSPS) is 8.13. The zero-order valence-electron chi connectivity index (χ0n) is 12.3. The van der Waals surface area contributed by atoms with E-state index >= 15 is 0 Å². The van der Waals surface area contributed by atoms with Gasteiger partial charge in [0.2, 0.25) is 0 Å². The van der Waals surface area contributed by atoms with E-state index in [1.807, 2.05) is 12.1 Å². The topological polar surface area (TPSA) is 74.3 Å². The fourth-order valence-electron chi connectivity index (χ4n) is 1.68. The zero-order valence-corrected chi connectivity index (χ0v) is 17.0. The Kier molecular flexibility index (Phi) is 20.2. The number of halogens is 3. The molecule has 0 spiro atoms. The third kappa shape index (κ3) is 8.89. The van der Waals surface area contributed by atoms with Gasteiger partial charge >= 0.3 is 19.5 Å². The summed E-state index contributed by atoms with van der Waals surface area (Å²) in [6.45, 7) is 0. The molecule has 0 radical (unpaired) electrons. The van der Waals surface area contributed by atoms with Crippen molar-refractivity contribution in [3.05, 3.63) is 48.8 Å². The van der Waals surface area contributed by atoms with Gasteiger partial charge in [0.05, 0.1) is 11.0 Å². The van der Waals surface area contributed by atoms with Crippen LogP contribution >= 0.6 is 0 Å². The van der Waals surface area contributed by atoms with E-state index in [1.165, 1.54) is 0 Å². The molecule has 0 atom stereocenters. The number of rotatable bonds is 0. The Balaban J connectivity index is -0.000000184. The van der Waals surface area contributed by atoms with Gasteiger partial charge in [0, 0.05) is 46.5 Å². The maximum atomic E-state index is 9.56. The molecule has 0 aliphatic heterocycles. The molecule has 3 aromatic rings. The number of hydrogen-bond acceptors (Lipinski definition) is 3. The Labute approximate surface area is 169 Å². The van der Waals surface area contributed by atoms with Crippen LogP contribution in [0.15, 0.2) is 48.8 Å². The SMILES string of the molecule is CS(C)=O.O.[Cl-].[Cl-].[Cl-].[Rh+3].c1cnc2c(c1)ccc1cccnc12. The second-order valence-electron chi connectivity index (χ2n) is 3.96. The molecule has 2 heterocycles. The Bertz CT molecular complexity index is 661. The van der Waals surface area contributed by atoms with Crippen LogP contribution in [0.25, 0.3) is 21.8 Å². The third-order valence-electron chi connectivity index (χ3n) is 2.34. The molecule has 23 heavy (non-hydrogen) atoms. The second kappa shape index (κ2) is 15.2. The average Bonchev–Trinajstić information content (AvgIpc) is 2.38. The van der Waals surface area contributed by atoms with E-state index in [1.54, 1.807) is 24.9 Å². The van der Waals surface area contributed by atoms with Crippen LogP contribution < -0.4 is 37.2 Å². The molecule has 0 amide bonds. The molecule has 3 rings (SSSR count). The van der Waals surface area contributed by atoms with Gasteiger partial charge in [-0.15, -0.1) is 0 Å². The first-order valence-electron chi connectivity index (χ1n) is 5.52. The number of hydrogen-bond donors (Lipinski definition) is 0. The predicted octanol–water partition coefficient (Wildman–Crippen LogP) is -7.04. The van der Waals surface area contributed by atoms with Crippen molar-refractivity contribution < 1.29 is 66.4 Å². The minimum absolute atomic E-state index is 0. The first kappa shape index (κ1) is 30.5. The molecular formula is C14H16Cl3N2O2RhS. The monoisotopic (exact) mass is 484 g/mol. The first-order valence-corrected chi connectivity index (χ1v) is 7.48. The molecule has 130 valence electrons. The minimum atomic E-state index is -0.611. The Hall–Kier alpha value is -0.357. The first-order chi connectivity index (χ1) is 8.68. The maximum absolute atomic E-state index is 9.56. The van der Waals surface area contributed by atoms with Crippen LogP contribution in [-0.4, -0.2) is 32.2 Å². The van der Waals surface area contributed by atoms with Gasteiger partial charge in [-0.05, 0) is 12.1 Å². The summed E-state index contributed by atoms with van der Waals surface area (Å²) in [5.74, 6) is 0. The van der Waals surface area contributed by atoms with Crippen LogP contribution in [0.2, 0.25) is 0 Å². The summed E-state index contributed by atoms with van der Waals surface area (Å²) in [5.41, 5.74) is 1.95. The van der Waals surface area contributed by atoms with E-state index in [4.69, 9.17) is 0 Å². The molecule has 0 saturated heterocycles. The molecule has 0 fully saturated rings. The van der Waals surface area contributed by atoms with Crippen LogP contribution in [0.1, 0.15) is 0 Å². The van der Waals surface area contributed by atoms with Crippen molar-refractivity contribution in [3.8, 4) is 0 Å². The van der Waals surface area contributed by atoms with Crippen LogP contribution in [0, 0.1) is 0 Å². The van der Waals surface area contributed by atoms with Gasteiger partial charge in [0.15, 0.2) is 0 Å². The maximum Gasteiger partial charge on any atom is 3.00 e. The van der Waals surface area contributed by atoms with Gasteiger partial charge in [-0.1, -0.05) is 24.3 Å². The summed E-state index contributed by atoms with van der Waals surface area (Å²) in [4.78, 5) is 8.69. The minimum Gasteiger partial charge on any atom is -1.00 e.